The number of hydrogen-bond donors (Lipinski definition) is 0. The van der Waals surface area contributed by atoms with E-state index in [1.807, 2.05) is 0 Å². The predicted octanol–water partition coefficient (Wildman–Crippen LogP) is 2.26. The maximum absolute atomic E-state index is 11.9. The highest BCUT2D eigenvalue weighted by atomic mass is 35.5. The Morgan fingerprint density at radius 3 is 2.61 bits per heavy atom. The van der Waals surface area contributed by atoms with Gasteiger partial charge in [-0.25, -0.2) is 8.42 Å². The van der Waals surface area contributed by atoms with Crippen LogP contribution in [0.3, 0.4) is 0 Å². The lowest BCUT2D eigenvalue weighted by atomic mass is 10.2. The summed E-state index contributed by atoms with van der Waals surface area (Å²) in [6, 6.07) is 3.09. The molecule has 0 aliphatic heterocycles. The Labute approximate surface area is 112 Å². The zero-order valence-corrected chi connectivity index (χ0v) is 12.0. The van der Waals surface area contributed by atoms with E-state index < -0.39 is 9.84 Å². The quantitative estimate of drug-likeness (QED) is 0.630. The van der Waals surface area contributed by atoms with E-state index in [2.05, 4.69) is 15.2 Å². The SMILES string of the molecule is CCS(=O)(=O)c1cccnc1/C(C)=N/N=C(\C)Cl. The molecule has 7 heteroatoms. The van der Waals surface area contributed by atoms with Crippen LogP contribution in [0.2, 0.25) is 0 Å². The molecule has 0 saturated heterocycles. The molecule has 1 aromatic heterocycles. The highest BCUT2D eigenvalue weighted by Crippen LogP contribution is 2.15. The van der Waals surface area contributed by atoms with E-state index in [1.54, 1.807) is 26.8 Å². The summed E-state index contributed by atoms with van der Waals surface area (Å²) in [5.74, 6) is 0.0107. The van der Waals surface area contributed by atoms with Crippen LogP contribution in [0.1, 0.15) is 26.5 Å². The molecule has 0 bridgehead atoms. The Hall–Kier alpha value is -1.27. The number of pyridine rings is 1. The summed E-state index contributed by atoms with van der Waals surface area (Å²) in [5, 5.41) is 7.80. The summed E-state index contributed by atoms with van der Waals surface area (Å²) in [6.07, 6.45) is 1.51. The zero-order valence-electron chi connectivity index (χ0n) is 10.4. The van der Waals surface area contributed by atoms with Crippen LogP contribution in [-0.2, 0) is 9.84 Å². The Bertz CT molecular complexity index is 590. The number of hydrogen-bond acceptors (Lipinski definition) is 5. The summed E-state index contributed by atoms with van der Waals surface area (Å²) >= 11 is 5.57. The first kappa shape index (κ1) is 14.8. The molecule has 0 amide bonds. The fraction of sp³-hybridized carbons (Fsp3) is 0.364. The molecule has 98 valence electrons. The lowest BCUT2D eigenvalue weighted by Gasteiger charge is -2.06. The Morgan fingerprint density at radius 1 is 1.39 bits per heavy atom. The van der Waals surface area contributed by atoms with Gasteiger partial charge in [-0.05, 0) is 26.0 Å². The molecule has 0 spiro atoms. The minimum Gasteiger partial charge on any atom is -0.254 e. The molecule has 18 heavy (non-hydrogen) atoms. The molecule has 0 atom stereocenters. The summed E-state index contributed by atoms with van der Waals surface area (Å²) in [6.45, 7) is 4.81. The normalized spacial score (nSPS) is 13.8. The molecular formula is C11H14ClN3O2S. The van der Waals surface area contributed by atoms with Gasteiger partial charge in [0.05, 0.1) is 16.4 Å². The molecule has 5 nitrogen and oxygen atoms in total. The van der Waals surface area contributed by atoms with Gasteiger partial charge in [0, 0.05) is 6.20 Å². The minimum atomic E-state index is -3.34. The lowest BCUT2D eigenvalue weighted by Crippen LogP contribution is -2.11. The lowest BCUT2D eigenvalue weighted by molar-refractivity contribution is 0.596. The average molecular weight is 288 g/mol. The smallest absolute Gasteiger partial charge is 0.180 e. The van der Waals surface area contributed by atoms with Crippen molar-refractivity contribution in [1.29, 1.82) is 0 Å². The second-order valence-electron chi connectivity index (χ2n) is 3.54. The van der Waals surface area contributed by atoms with E-state index in [-0.39, 0.29) is 15.8 Å². The Morgan fingerprint density at radius 2 is 2.06 bits per heavy atom. The maximum atomic E-state index is 11.9. The molecule has 0 N–H and O–H groups in total. The first-order chi connectivity index (χ1) is 8.38. The van der Waals surface area contributed by atoms with Crippen molar-refractivity contribution in [1.82, 2.24) is 4.98 Å². The van der Waals surface area contributed by atoms with Gasteiger partial charge in [0.15, 0.2) is 9.84 Å². The van der Waals surface area contributed by atoms with Gasteiger partial charge >= 0.3 is 0 Å². The van der Waals surface area contributed by atoms with E-state index in [0.29, 0.717) is 11.4 Å². The van der Waals surface area contributed by atoms with Gasteiger partial charge in [0.2, 0.25) is 0 Å². The number of sulfone groups is 1. The monoisotopic (exact) mass is 287 g/mol. The molecule has 1 rings (SSSR count). The van der Waals surface area contributed by atoms with Crippen molar-refractivity contribution in [3.05, 3.63) is 24.0 Å². The molecule has 0 fully saturated rings. The third-order valence-electron chi connectivity index (χ3n) is 2.17. The van der Waals surface area contributed by atoms with Crippen LogP contribution in [0.15, 0.2) is 33.4 Å². The number of aromatic nitrogens is 1. The standard InChI is InChI=1S/C11H14ClN3O2S/c1-4-18(16,17)10-6-5-7-13-11(10)8(2)14-15-9(3)12/h5-7H,4H2,1-3H3/b14-8+,15-9+. The van der Waals surface area contributed by atoms with Crippen LogP contribution in [0.5, 0.6) is 0 Å². The van der Waals surface area contributed by atoms with Crippen LogP contribution in [0.25, 0.3) is 0 Å². The van der Waals surface area contributed by atoms with E-state index >= 15 is 0 Å². The first-order valence-electron chi connectivity index (χ1n) is 5.31. The van der Waals surface area contributed by atoms with Gasteiger partial charge in [-0.15, -0.1) is 5.10 Å². The summed E-state index contributed by atoms with van der Waals surface area (Å²) in [7, 11) is -3.34. The third kappa shape index (κ3) is 3.61. The molecule has 0 aliphatic carbocycles. The number of nitrogens with zero attached hydrogens (tertiary/aromatic N) is 3. The van der Waals surface area contributed by atoms with E-state index in [1.165, 1.54) is 12.3 Å². The Balaban J connectivity index is 3.35. The maximum Gasteiger partial charge on any atom is 0.180 e. The van der Waals surface area contributed by atoms with Crippen LogP contribution in [0.4, 0.5) is 0 Å². The van der Waals surface area contributed by atoms with Crippen molar-refractivity contribution in [2.24, 2.45) is 10.2 Å². The molecule has 1 aromatic rings. The van der Waals surface area contributed by atoms with Crippen molar-refractivity contribution < 1.29 is 8.42 Å². The highest BCUT2D eigenvalue weighted by molar-refractivity contribution is 7.91. The molecular weight excluding hydrogens is 274 g/mol. The molecule has 0 aliphatic rings. The van der Waals surface area contributed by atoms with E-state index in [9.17, 15) is 8.42 Å². The third-order valence-corrected chi connectivity index (χ3v) is 4.00. The van der Waals surface area contributed by atoms with Gasteiger partial charge in [0.25, 0.3) is 0 Å². The van der Waals surface area contributed by atoms with Crippen LogP contribution in [-0.4, -0.2) is 30.0 Å². The van der Waals surface area contributed by atoms with E-state index in [4.69, 9.17) is 11.6 Å². The van der Waals surface area contributed by atoms with E-state index in [0.717, 1.165) is 0 Å². The highest BCUT2D eigenvalue weighted by Gasteiger charge is 2.18. The number of halogens is 1. The van der Waals surface area contributed by atoms with Crippen LogP contribution >= 0.6 is 11.6 Å². The van der Waals surface area contributed by atoms with Gasteiger partial charge in [0.1, 0.15) is 10.9 Å². The molecule has 1 heterocycles. The van der Waals surface area contributed by atoms with Crippen molar-refractivity contribution in [3.63, 3.8) is 0 Å². The largest absolute Gasteiger partial charge is 0.254 e. The minimum absolute atomic E-state index is 0.0107. The van der Waals surface area contributed by atoms with Gasteiger partial charge < -0.3 is 0 Å². The molecule has 0 aromatic carbocycles. The second kappa shape index (κ2) is 6.06. The topological polar surface area (TPSA) is 71.8 Å². The second-order valence-corrected chi connectivity index (χ2v) is 6.33. The fourth-order valence-corrected chi connectivity index (χ4v) is 2.39. The number of rotatable bonds is 4. The fourth-order valence-electron chi connectivity index (χ4n) is 1.26. The van der Waals surface area contributed by atoms with Gasteiger partial charge in [-0.1, -0.05) is 18.5 Å². The Kier molecular flexibility index (Phi) is 4.98. The zero-order chi connectivity index (χ0) is 13.8. The predicted molar refractivity (Wildman–Crippen MR) is 73.1 cm³/mol. The molecule has 0 unspecified atom stereocenters. The summed E-state index contributed by atoms with van der Waals surface area (Å²) < 4.78 is 23.8. The van der Waals surface area contributed by atoms with Crippen molar-refractivity contribution in [2.75, 3.05) is 5.75 Å². The van der Waals surface area contributed by atoms with Crippen LogP contribution in [0, 0.1) is 0 Å². The molecule has 0 radical (unpaired) electrons. The first-order valence-corrected chi connectivity index (χ1v) is 7.34. The van der Waals surface area contributed by atoms with Gasteiger partial charge in [-0.2, -0.15) is 5.10 Å². The van der Waals surface area contributed by atoms with Crippen LogP contribution < -0.4 is 0 Å². The van der Waals surface area contributed by atoms with Gasteiger partial charge in [-0.3, -0.25) is 4.98 Å². The summed E-state index contributed by atoms with van der Waals surface area (Å²) in [5.41, 5.74) is 0.712. The molecule has 0 saturated carbocycles. The van der Waals surface area contributed by atoms with Crippen molar-refractivity contribution >= 4 is 32.3 Å². The van der Waals surface area contributed by atoms with Crippen molar-refractivity contribution in [2.45, 2.75) is 25.7 Å². The average Bonchev–Trinajstić information content (AvgIpc) is 2.36. The summed E-state index contributed by atoms with van der Waals surface area (Å²) in [4.78, 5) is 4.21. The van der Waals surface area contributed by atoms with Crippen molar-refractivity contribution in [3.8, 4) is 0 Å².